The SMILES string of the molecule is CCOc1ccc(/C=C/C(=O)c2ccc(/C=C/C(=O)O)cc2)c(OCC)c1. The number of rotatable bonds is 9. The largest absolute Gasteiger partial charge is 0.494 e. The lowest BCUT2D eigenvalue weighted by Gasteiger charge is -2.10. The molecule has 5 heteroatoms. The minimum atomic E-state index is -1.02. The molecule has 0 aromatic heterocycles. The van der Waals surface area contributed by atoms with Crippen molar-refractivity contribution in [2.75, 3.05) is 13.2 Å². The summed E-state index contributed by atoms with van der Waals surface area (Å²) in [7, 11) is 0. The minimum absolute atomic E-state index is 0.153. The van der Waals surface area contributed by atoms with Crippen LogP contribution in [-0.4, -0.2) is 30.1 Å². The van der Waals surface area contributed by atoms with Gasteiger partial charge in [0.15, 0.2) is 5.78 Å². The van der Waals surface area contributed by atoms with Gasteiger partial charge in [-0.3, -0.25) is 4.79 Å². The van der Waals surface area contributed by atoms with Crippen LogP contribution < -0.4 is 9.47 Å². The van der Waals surface area contributed by atoms with Crippen LogP contribution in [0.25, 0.3) is 12.2 Å². The van der Waals surface area contributed by atoms with Gasteiger partial charge in [-0.1, -0.05) is 24.3 Å². The van der Waals surface area contributed by atoms with Crippen LogP contribution in [0.1, 0.15) is 35.3 Å². The van der Waals surface area contributed by atoms with Crippen molar-refractivity contribution >= 4 is 23.9 Å². The summed E-state index contributed by atoms with van der Waals surface area (Å²) in [5.74, 6) is 0.203. The second kappa shape index (κ2) is 9.97. The summed E-state index contributed by atoms with van der Waals surface area (Å²) in [5.41, 5.74) is 2.01. The van der Waals surface area contributed by atoms with E-state index in [2.05, 4.69) is 0 Å². The zero-order valence-corrected chi connectivity index (χ0v) is 15.3. The summed E-state index contributed by atoms with van der Waals surface area (Å²) >= 11 is 0. The van der Waals surface area contributed by atoms with Gasteiger partial charge in [0.2, 0.25) is 0 Å². The Kier molecular flexibility index (Phi) is 7.37. The molecule has 0 fully saturated rings. The van der Waals surface area contributed by atoms with E-state index in [1.807, 2.05) is 26.0 Å². The van der Waals surface area contributed by atoms with E-state index in [9.17, 15) is 9.59 Å². The molecule has 0 atom stereocenters. The molecular formula is C22H22O5. The van der Waals surface area contributed by atoms with Gasteiger partial charge < -0.3 is 14.6 Å². The van der Waals surface area contributed by atoms with E-state index in [1.54, 1.807) is 36.4 Å². The van der Waals surface area contributed by atoms with E-state index in [0.717, 1.165) is 17.4 Å². The van der Waals surface area contributed by atoms with Crippen LogP contribution in [-0.2, 0) is 4.79 Å². The Balaban J connectivity index is 2.14. The second-order valence-corrected chi connectivity index (χ2v) is 5.56. The fourth-order valence-electron chi connectivity index (χ4n) is 2.38. The molecule has 5 nitrogen and oxygen atoms in total. The van der Waals surface area contributed by atoms with E-state index in [0.29, 0.717) is 30.1 Å². The predicted octanol–water partition coefficient (Wildman–Crippen LogP) is 4.48. The highest BCUT2D eigenvalue weighted by Crippen LogP contribution is 2.26. The number of carboxylic acids is 1. The third-order valence-electron chi connectivity index (χ3n) is 3.62. The van der Waals surface area contributed by atoms with Crippen molar-refractivity contribution in [3.05, 3.63) is 71.3 Å². The summed E-state index contributed by atoms with van der Waals surface area (Å²) in [6.07, 6.45) is 5.72. The number of ketones is 1. The van der Waals surface area contributed by atoms with Crippen molar-refractivity contribution in [2.24, 2.45) is 0 Å². The van der Waals surface area contributed by atoms with Gasteiger partial charge in [0.05, 0.1) is 13.2 Å². The molecule has 0 heterocycles. The molecule has 0 unspecified atom stereocenters. The fourth-order valence-corrected chi connectivity index (χ4v) is 2.38. The topological polar surface area (TPSA) is 72.8 Å². The lowest BCUT2D eigenvalue weighted by atomic mass is 10.1. The highest BCUT2D eigenvalue weighted by Gasteiger charge is 2.06. The van der Waals surface area contributed by atoms with Crippen LogP contribution in [0.15, 0.2) is 54.6 Å². The molecule has 0 saturated carbocycles. The van der Waals surface area contributed by atoms with Gasteiger partial charge in [-0.2, -0.15) is 0 Å². The molecule has 0 amide bonds. The van der Waals surface area contributed by atoms with Crippen LogP contribution >= 0.6 is 0 Å². The molecule has 140 valence electrons. The molecule has 1 N–H and O–H groups in total. The lowest BCUT2D eigenvalue weighted by molar-refractivity contribution is -0.131. The molecule has 0 saturated heterocycles. The number of hydrogen-bond acceptors (Lipinski definition) is 4. The average molecular weight is 366 g/mol. The Labute approximate surface area is 158 Å². The zero-order chi connectivity index (χ0) is 19.6. The van der Waals surface area contributed by atoms with Crippen LogP contribution in [0, 0.1) is 0 Å². The van der Waals surface area contributed by atoms with Crippen molar-refractivity contribution in [1.29, 1.82) is 0 Å². The van der Waals surface area contributed by atoms with Crippen molar-refractivity contribution in [1.82, 2.24) is 0 Å². The maximum absolute atomic E-state index is 12.4. The molecule has 2 aromatic carbocycles. The summed E-state index contributed by atoms with van der Waals surface area (Å²) in [5, 5.41) is 8.64. The third kappa shape index (κ3) is 6.15. The first kappa shape index (κ1) is 20.0. The Hall–Kier alpha value is -3.34. The smallest absolute Gasteiger partial charge is 0.328 e. The maximum Gasteiger partial charge on any atom is 0.328 e. The highest BCUT2D eigenvalue weighted by molar-refractivity contribution is 6.07. The average Bonchev–Trinajstić information content (AvgIpc) is 2.66. The van der Waals surface area contributed by atoms with Crippen LogP contribution in [0.2, 0.25) is 0 Å². The van der Waals surface area contributed by atoms with Crippen LogP contribution in [0.3, 0.4) is 0 Å². The van der Waals surface area contributed by atoms with Gasteiger partial charge in [0.1, 0.15) is 11.5 Å². The molecule has 0 aliphatic heterocycles. The first-order valence-corrected chi connectivity index (χ1v) is 8.66. The number of allylic oxidation sites excluding steroid dienone is 1. The number of benzene rings is 2. The van der Waals surface area contributed by atoms with E-state index in [1.165, 1.54) is 12.2 Å². The van der Waals surface area contributed by atoms with E-state index < -0.39 is 5.97 Å². The molecular weight excluding hydrogens is 344 g/mol. The highest BCUT2D eigenvalue weighted by atomic mass is 16.5. The Morgan fingerprint density at radius 3 is 2.26 bits per heavy atom. The number of carboxylic acid groups (broad SMARTS) is 1. The zero-order valence-electron chi connectivity index (χ0n) is 15.3. The number of carbonyl (C=O) groups is 2. The van der Waals surface area contributed by atoms with Crippen molar-refractivity contribution in [3.63, 3.8) is 0 Å². The van der Waals surface area contributed by atoms with Crippen LogP contribution in [0.5, 0.6) is 11.5 Å². The molecule has 2 rings (SSSR count). The summed E-state index contributed by atoms with van der Waals surface area (Å²) in [6.45, 7) is 4.88. The first-order chi connectivity index (χ1) is 13.0. The van der Waals surface area contributed by atoms with E-state index in [4.69, 9.17) is 14.6 Å². The summed E-state index contributed by atoms with van der Waals surface area (Å²) in [4.78, 5) is 22.9. The molecule has 0 spiro atoms. The molecule has 2 aromatic rings. The number of carbonyl (C=O) groups excluding carboxylic acids is 1. The quantitative estimate of drug-likeness (QED) is 0.523. The van der Waals surface area contributed by atoms with Crippen molar-refractivity contribution < 1.29 is 24.2 Å². The Morgan fingerprint density at radius 1 is 0.926 bits per heavy atom. The van der Waals surface area contributed by atoms with E-state index >= 15 is 0 Å². The predicted molar refractivity (Wildman–Crippen MR) is 105 cm³/mol. The van der Waals surface area contributed by atoms with Gasteiger partial charge in [-0.15, -0.1) is 0 Å². The van der Waals surface area contributed by atoms with Crippen LogP contribution in [0.4, 0.5) is 0 Å². The number of ether oxygens (including phenoxy) is 2. The number of hydrogen-bond donors (Lipinski definition) is 1. The Bertz CT molecular complexity index is 848. The van der Waals surface area contributed by atoms with Gasteiger partial charge >= 0.3 is 5.97 Å². The molecule has 0 bridgehead atoms. The standard InChI is InChI=1S/C22H22O5/c1-3-26-19-12-10-18(21(15-19)27-4-2)11-13-20(23)17-8-5-16(6-9-17)7-14-22(24)25/h5-15H,3-4H2,1-2H3,(H,24,25)/b13-11+,14-7+. The molecule has 0 aliphatic carbocycles. The van der Waals surface area contributed by atoms with Crippen molar-refractivity contribution in [2.45, 2.75) is 13.8 Å². The molecule has 0 aliphatic rings. The van der Waals surface area contributed by atoms with Gasteiger partial charge in [0, 0.05) is 23.3 Å². The maximum atomic E-state index is 12.4. The minimum Gasteiger partial charge on any atom is -0.494 e. The van der Waals surface area contributed by atoms with Gasteiger partial charge in [0.25, 0.3) is 0 Å². The molecule has 27 heavy (non-hydrogen) atoms. The number of aliphatic carboxylic acids is 1. The van der Waals surface area contributed by atoms with Gasteiger partial charge in [-0.25, -0.2) is 4.79 Å². The first-order valence-electron chi connectivity index (χ1n) is 8.66. The second-order valence-electron chi connectivity index (χ2n) is 5.56. The summed E-state index contributed by atoms with van der Waals surface area (Å²) in [6, 6.07) is 12.2. The van der Waals surface area contributed by atoms with Crippen molar-refractivity contribution in [3.8, 4) is 11.5 Å². The Morgan fingerprint density at radius 2 is 1.63 bits per heavy atom. The third-order valence-corrected chi connectivity index (χ3v) is 3.62. The molecule has 0 radical (unpaired) electrons. The lowest BCUT2D eigenvalue weighted by Crippen LogP contribution is -1.98. The monoisotopic (exact) mass is 366 g/mol. The van der Waals surface area contributed by atoms with E-state index in [-0.39, 0.29) is 5.78 Å². The fraction of sp³-hybridized carbons (Fsp3) is 0.182. The normalized spacial score (nSPS) is 11.0. The van der Waals surface area contributed by atoms with Gasteiger partial charge in [-0.05, 0) is 49.8 Å². The summed E-state index contributed by atoms with van der Waals surface area (Å²) < 4.78 is 11.1.